The number of carbonyl (C=O) groups excluding carboxylic acids is 1. The smallest absolute Gasteiger partial charge is 0.354 e. The van der Waals surface area contributed by atoms with Crippen molar-refractivity contribution in [3.05, 3.63) is 197 Å². The van der Waals surface area contributed by atoms with Crippen molar-refractivity contribution in [3.63, 3.8) is 0 Å². The Morgan fingerprint density at radius 3 is 1.36 bits per heavy atom. The lowest BCUT2D eigenvalue weighted by Crippen LogP contribution is -2.62. The number of benzene rings is 6. The molecule has 8 nitrogen and oxygen atoms in total. The number of carbonyl (C=O) groups is 1. The van der Waals surface area contributed by atoms with E-state index in [1.807, 2.05) is 166 Å². The molecule has 0 saturated heterocycles. The maximum absolute atomic E-state index is 13.0. The average molecular weight is 751 g/mol. The van der Waals surface area contributed by atoms with E-state index in [4.69, 9.17) is 18.9 Å². The second-order valence-electron chi connectivity index (χ2n) is 14.3. The number of hydrogen-bond acceptors (Lipinski definition) is 8. The first-order chi connectivity index (χ1) is 27.1. The van der Waals surface area contributed by atoms with E-state index < -0.39 is 28.4 Å². The molecule has 3 N–H and O–H groups in total. The van der Waals surface area contributed by atoms with E-state index in [2.05, 4.69) is 0 Å². The van der Waals surface area contributed by atoms with E-state index in [0.717, 1.165) is 33.8 Å². The van der Waals surface area contributed by atoms with Crippen LogP contribution in [0.25, 0.3) is 0 Å². The van der Waals surface area contributed by atoms with Gasteiger partial charge >= 0.3 is 5.97 Å². The van der Waals surface area contributed by atoms with Crippen molar-refractivity contribution in [2.75, 3.05) is 19.8 Å². The van der Waals surface area contributed by atoms with E-state index in [-0.39, 0.29) is 25.7 Å². The zero-order chi connectivity index (χ0) is 39.4. The summed E-state index contributed by atoms with van der Waals surface area (Å²) in [7, 11) is 0. The van der Waals surface area contributed by atoms with Gasteiger partial charge in [-0.05, 0) is 41.8 Å². The third kappa shape index (κ3) is 6.49. The Kier molecular flexibility index (Phi) is 10.7. The van der Waals surface area contributed by atoms with Crippen molar-refractivity contribution in [1.29, 1.82) is 0 Å². The van der Waals surface area contributed by atoms with Crippen LogP contribution in [0, 0.1) is 5.92 Å². The highest BCUT2D eigenvalue weighted by molar-refractivity contribution is 5.86. The Morgan fingerprint density at radius 1 is 0.554 bits per heavy atom. The number of rotatable bonds is 6. The highest BCUT2D eigenvalue weighted by Crippen LogP contribution is 2.55. The molecule has 0 aliphatic carbocycles. The fourth-order valence-corrected chi connectivity index (χ4v) is 7.84. The average Bonchev–Trinajstić information content (AvgIpc) is 3.88. The molecule has 9 rings (SSSR count). The van der Waals surface area contributed by atoms with E-state index in [0.29, 0.717) is 16.9 Å². The van der Waals surface area contributed by atoms with Gasteiger partial charge < -0.3 is 34.3 Å². The molecule has 6 aromatic rings. The Bertz CT molecular complexity index is 2170. The maximum atomic E-state index is 13.0. The van der Waals surface area contributed by atoms with Crippen molar-refractivity contribution in [2.24, 2.45) is 5.92 Å². The van der Waals surface area contributed by atoms with Crippen molar-refractivity contribution in [2.45, 2.75) is 43.2 Å². The summed E-state index contributed by atoms with van der Waals surface area (Å²) in [5.74, 6) is 1.19. The molecule has 3 aliphatic heterocycles. The van der Waals surface area contributed by atoms with Crippen LogP contribution in [0.5, 0.6) is 17.2 Å². The van der Waals surface area contributed by atoms with Crippen LogP contribution in [0.2, 0.25) is 0 Å². The first-order valence-electron chi connectivity index (χ1n) is 18.8. The third-order valence-corrected chi connectivity index (χ3v) is 10.7. The van der Waals surface area contributed by atoms with Gasteiger partial charge in [0.1, 0.15) is 30.5 Å². The molecule has 6 aromatic carbocycles. The molecule has 0 amide bonds. The number of fused-ring (bicyclic) bond motifs is 3. The Labute approximate surface area is 327 Å². The molecule has 4 unspecified atom stereocenters. The van der Waals surface area contributed by atoms with Gasteiger partial charge in [-0.1, -0.05) is 159 Å². The summed E-state index contributed by atoms with van der Waals surface area (Å²) in [4.78, 5) is 13.0. The van der Waals surface area contributed by atoms with E-state index in [1.54, 1.807) is 19.1 Å². The minimum absolute atomic E-state index is 0.220. The molecular weight excluding hydrogens is 705 g/mol. The van der Waals surface area contributed by atoms with Crippen LogP contribution in [0.3, 0.4) is 0 Å². The second kappa shape index (κ2) is 15.7. The largest absolute Gasteiger partial charge is 0.489 e. The molecular formula is C48H46O8. The van der Waals surface area contributed by atoms with Crippen molar-refractivity contribution >= 4 is 5.97 Å². The number of hydrogen-bond donors (Lipinski definition) is 3. The maximum Gasteiger partial charge on any atom is 0.354 e. The lowest BCUT2D eigenvalue weighted by Gasteiger charge is -2.41. The summed E-state index contributed by atoms with van der Waals surface area (Å²) in [6, 6.07) is 50.9. The quantitative estimate of drug-likeness (QED) is 0.147. The van der Waals surface area contributed by atoms with Crippen LogP contribution in [-0.4, -0.2) is 46.7 Å². The lowest BCUT2D eigenvalue weighted by atomic mass is 9.69. The SMILES string of the molecule is CCOC(=O)C1(C(C)C)Oc2ccccc2C1(O)c1ccccc1.OC1(c2ccccc2)COc2ccccc21.OC1(c2ccccc2)COc2ccccc21. The zero-order valence-corrected chi connectivity index (χ0v) is 31.7. The molecule has 3 heterocycles. The normalized spacial score (nSPS) is 23.7. The topological polar surface area (TPSA) is 115 Å². The van der Waals surface area contributed by atoms with Crippen LogP contribution in [0.15, 0.2) is 164 Å². The van der Waals surface area contributed by atoms with Gasteiger partial charge in [-0.25, -0.2) is 4.79 Å². The predicted molar refractivity (Wildman–Crippen MR) is 213 cm³/mol. The van der Waals surface area contributed by atoms with Crippen molar-refractivity contribution < 1.29 is 39.1 Å². The minimum atomic E-state index is -1.62. The molecule has 56 heavy (non-hydrogen) atoms. The first-order valence-corrected chi connectivity index (χ1v) is 18.8. The lowest BCUT2D eigenvalue weighted by molar-refractivity contribution is -0.187. The number of esters is 1. The molecule has 8 heteroatoms. The van der Waals surface area contributed by atoms with Crippen molar-refractivity contribution in [3.8, 4) is 17.2 Å². The van der Waals surface area contributed by atoms with Crippen LogP contribution in [0.1, 0.15) is 54.2 Å². The Hall–Kier alpha value is -5.93. The molecule has 286 valence electrons. The van der Waals surface area contributed by atoms with Crippen LogP contribution in [-0.2, 0) is 26.3 Å². The van der Waals surface area contributed by atoms with E-state index in [9.17, 15) is 20.1 Å². The number of para-hydroxylation sites is 3. The van der Waals surface area contributed by atoms with Gasteiger partial charge in [0.05, 0.1) is 6.61 Å². The second-order valence-corrected chi connectivity index (χ2v) is 14.3. The first kappa shape index (κ1) is 38.3. The van der Waals surface area contributed by atoms with Crippen LogP contribution < -0.4 is 14.2 Å². The molecule has 0 bridgehead atoms. The van der Waals surface area contributed by atoms with Crippen LogP contribution in [0.4, 0.5) is 0 Å². The summed E-state index contributed by atoms with van der Waals surface area (Å²) in [6.45, 7) is 6.26. The molecule has 4 atom stereocenters. The highest BCUT2D eigenvalue weighted by Gasteiger charge is 2.67. The fraction of sp³-hybridized carbons (Fsp3) is 0.229. The molecule has 0 radical (unpaired) electrons. The van der Waals surface area contributed by atoms with Gasteiger partial charge in [0.25, 0.3) is 0 Å². The van der Waals surface area contributed by atoms with E-state index in [1.165, 1.54) is 0 Å². The summed E-state index contributed by atoms with van der Waals surface area (Å²) in [5, 5.41) is 33.2. The molecule has 0 spiro atoms. The Balaban J connectivity index is 0.000000133. The molecule has 0 fully saturated rings. The predicted octanol–water partition coefficient (Wildman–Crippen LogP) is 7.90. The summed E-state index contributed by atoms with van der Waals surface area (Å²) >= 11 is 0. The zero-order valence-electron chi connectivity index (χ0n) is 31.7. The molecule has 3 aliphatic rings. The van der Waals surface area contributed by atoms with Crippen molar-refractivity contribution in [1.82, 2.24) is 0 Å². The molecule has 0 aromatic heterocycles. The monoisotopic (exact) mass is 750 g/mol. The summed E-state index contributed by atoms with van der Waals surface area (Å²) in [5.41, 5.74) is -0.522. The van der Waals surface area contributed by atoms with Gasteiger partial charge in [-0.3, -0.25) is 0 Å². The van der Waals surface area contributed by atoms with Gasteiger partial charge in [0.15, 0.2) is 16.8 Å². The van der Waals surface area contributed by atoms with Gasteiger partial charge in [0.2, 0.25) is 5.60 Å². The van der Waals surface area contributed by atoms with Gasteiger partial charge in [0, 0.05) is 22.6 Å². The third-order valence-electron chi connectivity index (χ3n) is 10.7. The Morgan fingerprint density at radius 2 is 0.929 bits per heavy atom. The summed E-state index contributed by atoms with van der Waals surface area (Å²) < 4.78 is 22.5. The van der Waals surface area contributed by atoms with Gasteiger partial charge in [-0.15, -0.1) is 0 Å². The van der Waals surface area contributed by atoms with Gasteiger partial charge in [-0.2, -0.15) is 0 Å². The number of aliphatic hydroxyl groups is 3. The fourth-order valence-electron chi connectivity index (χ4n) is 7.84. The summed E-state index contributed by atoms with van der Waals surface area (Å²) in [6.07, 6.45) is 0. The number of ether oxygens (including phenoxy) is 4. The molecule has 0 saturated carbocycles. The highest BCUT2D eigenvalue weighted by atomic mass is 16.6. The minimum Gasteiger partial charge on any atom is -0.489 e. The van der Waals surface area contributed by atoms with E-state index >= 15 is 0 Å². The van der Waals surface area contributed by atoms with Crippen LogP contribution >= 0.6 is 0 Å². The standard InChI is InChI=1S/C20H22O4.2C14H12O2/c1-4-23-18(21)20(14(2)3)19(22,15-10-6-5-7-11-15)16-12-8-9-13-17(16)24-20;2*15-14(11-6-2-1-3-7-11)10-16-13-9-5-4-8-12(13)14/h5-14,22H,4H2,1-3H3;2*1-9,15H,10H2.